The molecule has 102 valence electrons. The molecule has 0 saturated heterocycles. The molecule has 10 heteroatoms. The maximum Gasteiger partial charge on any atom is 0.243 e. The quantitative estimate of drug-likeness (QED) is 0.872. The van der Waals surface area contributed by atoms with E-state index in [-0.39, 0.29) is 27.3 Å². The lowest BCUT2D eigenvalue weighted by Crippen LogP contribution is -2.24. The molecule has 0 radical (unpaired) electrons. The lowest BCUT2D eigenvalue weighted by molar-refractivity contribution is 0.409. The molecule has 0 fully saturated rings. The Morgan fingerprint density at radius 2 is 1.95 bits per heavy atom. The third kappa shape index (κ3) is 3.46. The van der Waals surface area contributed by atoms with Crippen LogP contribution in [0.15, 0.2) is 32.4 Å². The molecule has 0 atom stereocenters. The van der Waals surface area contributed by atoms with Crippen molar-refractivity contribution in [3.05, 3.63) is 38.9 Å². The van der Waals surface area contributed by atoms with Gasteiger partial charge >= 0.3 is 0 Å². The Kier molecular flexibility index (Phi) is 4.46. The van der Waals surface area contributed by atoms with E-state index in [1.54, 1.807) is 0 Å². The molecule has 6 nitrogen and oxygen atoms in total. The standard InChI is InChI=1S/C9H6BrCl2N3O3S/c10-5-1-6(11)9(7(12)2-5)19(16,17)14-3-8-13-4-18-15-8/h1-2,4,14H,3H2. The van der Waals surface area contributed by atoms with Gasteiger partial charge in [-0.3, -0.25) is 0 Å². The Labute approximate surface area is 127 Å². The molecule has 2 aromatic rings. The zero-order valence-corrected chi connectivity index (χ0v) is 13.0. The molecule has 0 amide bonds. The fourth-order valence-electron chi connectivity index (χ4n) is 1.29. The minimum Gasteiger partial charge on any atom is -0.343 e. The number of nitrogens with zero attached hydrogens (tertiary/aromatic N) is 2. The van der Waals surface area contributed by atoms with Crippen LogP contribution in [0.4, 0.5) is 0 Å². The van der Waals surface area contributed by atoms with E-state index in [1.165, 1.54) is 12.1 Å². The van der Waals surface area contributed by atoms with Gasteiger partial charge in [0.25, 0.3) is 0 Å². The molecule has 0 aliphatic heterocycles. The number of halogens is 3. The molecule has 2 rings (SSSR count). The summed E-state index contributed by atoms with van der Waals surface area (Å²) in [7, 11) is -3.87. The summed E-state index contributed by atoms with van der Waals surface area (Å²) in [5.41, 5.74) is 0. The van der Waals surface area contributed by atoms with Gasteiger partial charge in [0, 0.05) is 4.47 Å². The second-order valence-electron chi connectivity index (χ2n) is 3.37. The molecule has 0 aliphatic carbocycles. The molecular formula is C9H6BrCl2N3O3S. The molecule has 1 aromatic heterocycles. The van der Waals surface area contributed by atoms with Gasteiger partial charge in [-0.15, -0.1) is 0 Å². The van der Waals surface area contributed by atoms with Crippen molar-refractivity contribution in [2.75, 3.05) is 0 Å². The van der Waals surface area contributed by atoms with Crippen LogP contribution in [0.2, 0.25) is 10.0 Å². The SMILES string of the molecule is O=S(=O)(NCc1ncon1)c1c(Cl)cc(Br)cc1Cl. The predicted octanol–water partition coefficient (Wildman–Crippen LogP) is 2.62. The molecule has 0 saturated carbocycles. The van der Waals surface area contributed by atoms with Crippen molar-refractivity contribution in [3.8, 4) is 0 Å². The number of aromatic nitrogens is 2. The Bertz CT molecular complexity index is 668. The first-order chi connectivity index (χ1) is 8.90. The summed E-state index contributed by atoms with van der Waals surface area (Å²) < 4.78 is 31.6. The second kappa shape index (κ2) is 5.76. The lowest BCUT2D eigenvalue weighted by Gasteiger charge is -2.09. The lowest BCUT2D eigenvalue weighted by atomic mass is 10.4. The Hall–Kier alpha value is -0.670. The maximum atomic E-state index is 12.1. The highest BCUT2D eigenvalue weighted by Crippen LogP contribution is 2.32. The highest BCUT2D eigenvalue weighted by molar-refractivity contribution is 9.10. The third-order valence-corrected chi connectivity index (χ3v) is 4.84. The van der Waals surface area contributed by atoms with Gasteiger partial charge in [-0.1, -0.05) is 44.3 Å². The molecule has 1 heterocycles. The van der Waals surface area contributed by atoms with Gasteiger partial charge in [0.05, 0.1) is 16.6 Å². The fourth-order valence-corrected chi connectivity index (χ4v) is 4.20. The van der Waals surface area contributed by atoms with Crippen molar-refractivity contribution in [2.24, 2.45) is 0 Å². The fraction of sp³-hybridized carbons (Fsp3) is 0.111. The summed E-state index contributed by atoms with van der Waals surface area (Å²) in [6, 6.07) is 2.88. The van der Waals surface area contributed by atoms with E-state index in [9.17, 15) is 8.42 Å². The highest BCUT2D eigenvalue weighted by atomic mass is 79.9. The van der Waals surface area contributed by atoms with Gasteiger partial charge in [0.1, 0.15) is 4.90 Å². The Balaban J connectivity index is 2.29. The molecule has 0 bridgehead atoms. The summed E-state index contributed by atoms with van der Waals surface area (Å²) in [6.45, 7) is -0.123. The van der Waals surface area contributed by atoms with Crippen molar-refractivity contribution >= 4 is 49.2 Å². The summed E-state index contributed by atoms with van der Waals surface area (Å²) in [4.78, 5) is 3.50. The van der Waals surface area contributed by atoms with E-state index in [1.807, 2.05) is 0 Å². The van der Waals surface area contributed by atoms with Gasteiger partial charge in [-0.25, -0.2) is 13.1 Å². The van der Waals surface area contributed by atoms with Gasteiger partial charge in [-0.2, -0.15) is 4.98 Å². The second-order valence-corrected chi connectivity index (χ2v) is 6.80. The molecule has 0 unspecified atom stereocenters. The molecule has 1 aromatic carbocycles. The van der Waals surface area contributed by atoms with Crippen LogP contribution in [0.25, 0.3) is 0 Å². The van der Waals surface area contributed by atoms with E-state index in [4.69, 9.17) is 23.2 Å². The summed E-state index contributed by atoms with van der Waals surface area (Å²) >= 11 is 15.0. The van der Waals surface area contributed by atoms with Gasteiger partial charge in [-0.05, 0) is 12.1 Å². The largest absolute Gasteiger partial charge is 0.343 e. The minimum atomic E-state index is -3.87. The molecule has 19 heavy (non-hydrogen) atoms. The molecule has 0 aliphatic rings. The van der Waals surface area contributed by atoms with Crippen molar-refractivity contribution in [3.63, 3.8) is 0 Å². The number of benzene rings is 1. The van der Waals surface area contributed by atoms with Crippen LogP contribution in [0.1, 0.15) is 5.82 Å². The number of sulfonamides is 1. The van der Waals surface area contributed by atoms with Crippen LogP contribution in [-0.2, 0) is 16.6 Å². The van der Waals surface area contributed by atoms with Gasteiger partial charge < -0.3 is 4.52 Å². The summed E-state index contributed by atoms with van der Waals surface area (Å²) in [5, 5.41) is 3.51. The summed E-state index contributed by atoms with van der Waals surface area (Å²) in [6.07, 6.45) is 1.10. The van der Waals surface area contributed by atoms with Crippen LogP contribution in [-0.4, -0.2) is 18.6 Å². The molecule has 1 N–H and O–H groups in total. The van der Waals surface area contributed by atoms with E-state index in [2.05, 4.69) is 35.3 Å². The average molecular weight is 387 g/mol. The number of rotatable bonds is 4. The average Bonchev–Trinajstić information content (AvgIpc) is 2.77. The molecule has 0 spiro atoms. The smallest absolute Gasteiger partial charge is 0.243 e. The van der Waals surface area contributed by atoms with E-state index < -0.39 is 10.0 Å². The predicted molar refractivity (Wildman–Crippen MR) is 72.5 cm³/mol. The Morgan fingerprint density at radius 3 is 2.47 bits per heavy atom. The van der Waals surface area contributed by atoms with E-state index in [0.29, 0.717) is 4.47 Å². The third-order valence-electron chi connectivity index (χ3n) is 2.06. The van der Waals surface area contributed by atoms with E-state index >= 15 is 0 Å². The van der Waals surface area contributed by atoms with Crippen molar-refractivity contribution in [1.29, 1.82) is 0 Å². The van der Waals surface area contributed by atoms with Crippen LogP contribution in [0.3, 0.4) is 0 Å². The van der Waals surface area contributed by atoms with Crippen LogP contribution >= 0.6 is 39.1 Å². The number of nitrogens with one attached hydrogen (secondary N) is 1. The maximum absolute atomic E-state index is 12.1. The van der Waals surface area contributed by atoms with Crippen LogP contribution < -0.4 is 4.72 Å². The number of hydrogen-bond acceptors (Lipinski definition) is 5. The zero-order valence-electron chi connectivity index (χ0n) is 9.10. The van der Waals surface area contributed by atoms with Gasteiger partial charge in [0.2, 0.25) is 16.4 Å². The van der Waals surface area contributed by atoms with Crippen molar-refractivity contribution in [2.45, 2.75) is 11.4 Å². The van der Waals surface area contributed by atoms with Crippen molar-refractivity contribution in [1.82, 2.24) is 14.9 Å². The first-order valence-electron chi connectivity index (χ1n) is 4.79. The first kappa shape index (κ1) is 14.7. The van der Waals surface area contributed by atoms with E-state index in [0.717, 1.165) is 6.39 Å². The topological polar surface area (TPSA) is 85.1 Å². The minimum absolute atomic E-state index is 0.0139. The van der Waals surface area contributed by atoms with Crippen molar-refractivity contribution < 1.29 is 12.9 Å². The highest BCUT2D eigenvalue weighted by Gasteiger charge is 2.22. The molecular weight excluding hydrogens is 381 g/mol. The number of hydrogen-bond donors (Lipinski definition) is 1. The Morgan fingerprint density at radius 1 is 1.32 bits per heavy atom. The monoisotopic (exact) mass is 385 g/mol. The van der Waals surface area contributed by atoms with Gasteiger partial charge in [0.15, 0.2) is 5.82 Å². The normalized spacial score (nSPS) is 11.7. The first-order valence-corrected chi connectivity index (χ1v) is 7.83. The van der Waals surface area contributed by atoms with Crippen LogP contribution in [0.5, 0.6) is 0 Å². The zero-order chi connectivity index (χ0) is 14.0. The van der Waals surface area contributed by atoms with Crippen LogP contribution in [0, 0.1) is 0 Å². The summed E-state index contributed by atoms with van der Waals surface area (Å²) in [5.74, 6) is 0.202.